The number of nitrogens with zero attached hydrogens (tertiary/aromatic N) is 4. The van der Waals surface area contributed by atoms with Gasteiger partial charge in [0.15, 0.2) is 11.4 Å². The standard InChI is InChI=1S/C8H9N5O/c1-5(9)8(14)6-2-3-7-10-11-12-13(7)4-6/h2-5H,9H2,1H3. The zero-order chi connectivity index (χ0) is 10.1. The number of aromatic nitrogens is 4. The van der Waals surface area contributed by atoms with Crippen molar-refractivity contribution >= 4 is 11.4 Å². The molecule has 0 aliphatic rings. The third kappa shape index (κ3) is 1.35. The Kier molecular flexibility index (Phi) is 1.97. The molecule has 0 saturated heterocycles. The van der Waals surface area contributed by atoms with Crippen LogP contribution in [0.25, 0.3) is 5.65 Å². The van der Waals surface area contributed by atoms with Gasteiger partial charge in [-0.3, -0.25) is 4.79 Å². The van der Waals surface area contributed by atoms with Crippen LogP contribution >= 0.6 is 0 Å². The number of nitrogens with two attached hydrogens (primary N) is 1. The van der Waals surface area contributed by atoms with Crippen molar-refractivity contribution in [3.63, 3.8) is 0 Å². The Morgan fingerprint density at radius 1 is 1.57 bits per heavy atom. The van der Waals surface area contributed by atoms with E-state index in [4.69, 9.17) is 5.73 Å². The number of carbonyl (C=O) groups is 1. The number of ketones is 1. The number of fused-ring (bicyclic) bond motifs is 1. The van der Waals surface area contributed by atoms with E-state index in [1.54, 1.807) is 25.3 Å². The van der Waals surface area contributed by atoms with E-state index in [9.17, 15) is 4.79 Å². The van der Waals surface area contributed by atoms with Crippen molar-refractivity contribution < 1.29 is 4.79 Å². The molecule has 0 fully saturated rings. The molecule has 0 aromatic carbocycles. The van der Waals surface area contributed by atoms with Gasteiger partial charge in [0.05, 0.1) is 6.04 Å². The lowest BCUT2D eigenvalue weighted by Gasteiger charge is -2.03. The molecule has 0 spiro atoms. The summed E-state index contributed by atoms with van der Waals surface area (Å²) < 4.78 is 1.44. The summed E-state index contributed by atoms with van der Waals surface area (Å²) >= 11 is 0. The van der Waals surface area contributed by atoms with Crippen molar-refractivity contribution in [1.29, 1.82) is 0 Å². The molecule has 0 aliphatic carbocycles. The third-order valence-electron chi connectivity index (χ3n) is 1.89. The molecule has 2 aromatic rings. The van der Waals surface area contributed by atoms with Gasteiger partial charge in [0.2, 0.25) is 0 Å². The van der Waals surface area contributed by atoms with E-state index >= 15 is 0 Å². The lowest BCUT2D eigenvalue weighted by Crippen LogP contribution is -2.26. The molecule has 0 radical (unpaired) electrons. The Labute approximate surface area is 79.7 Å². The van der Waals surface area contributed by atoms with Crippen LogP contribution in [0.5, 0.6) is 0 Å². The lowest BCUT2D eigenvalue weighted by molar-refractivity contribution is 0.0967. The second kappa shape index (κ2) is 3.15. The fourth-order valence-electron chi connectivity index (χ4n) is 1.15. The van der Waals surface area contributed by atoms with E-state index in [2.05, 4.69) is 15.5 Å². The summed E-state index contributed by atoms with van der Waals surface area (Å²) in [5, 5.41) is 10.9. The average molecular weight is 191 g/mol. The van der Waals surface area contributed by atoms with E-state index in [-0.39, 0.29) is 5.78 Å². The molecule has 2 aromatic heterocycles. The van der Waals surface area contributed by atoms with Crippen molar-refractivity contribution in [2.75, 3.05) is 0 Å². The number of carbonyl (C=O) groups excluding carboxylic acids is 1. The Hall–Kier alpha value is -1.82. The second-order valence-corrected chi connectivity index (χ2v) is 3.05. The van der Waals surface area contributed by atoms with Gasteiger partial charge in [-0.05, 0) is 29.5 Å². The van der Waals surface area contributed by atoms with Crippen LogP contribution in [0.3, 0.4) is 0 Å². The largest absolute Gasteiger partial charge is 0.321 e. The van der Waals surface area contributed by atoms with Crippen molar-refractivity contribution in [2.45, 2.75) is 13.0 Å². The van der Waals surface area contributed by atoms with Crippen molar-refractivity contribution in [1.82, 2.24) is 20.0 Å². The highest BCUT2D eigenvalue weighted by Gasteiger charge is 2.11. The molecule has 72 valence electrons. The van der Waals surface area contributed by atoms with Crippen LogP contribution in [0.15, 0.2) is 18.3 Å². The molecule has 14 heavy (non-hydrogen) atoms. The van der Waals surface area contributed by atoms with Crippen LogP contribution in [0.1, 0.15) is 17.3 Å². The first-order valence-electron chi connectivity index (χ1n) is 4.16. The van der Waals surface area contributed by atoms with Gasteiger partial charge >= 0.3 is 0 Å². The molecule has 6 heteroatoms. The van der Waals surface area contributed by atoms with Gasteiger partial charge in [0, 0.05) is 11.8 Å². The predicted molar refractivity (Wildman–Crippen MR) is 48.8 cm³/mol. The Morgan fingerprint density at radius 3 is 3.07 bits per heavy atom. The molecule has 0 amide bonds. The summed E-state index contributed by atoms with van der Waals surface area (Å²) in [7, 11) is 0. The highest BCUT2D eigenvalue weighted by atomic mass is 16.1. The maximum absolute atomic E-state index is 11.5. The molecule has 2 heterocycles. The summed E-state index contributed by atoms with van der Waals surface area (Å²) in [6.07, 6.45) is 1.57. The summed E-state index contributed by atoms with van der Waals surface area (Å²) in [6, 6.07) is 2.83. The quantitative estimate of drug-likeness (QED) is 0.656. The third-order valence-corrected chi connectivity index (χ3v) is 1.89. The van der Waals surface area contributed by atoms with Crippen LogP contribution in [-0.4, -0.2) is 31.9 Å². The monoisotopic (exact) mass is 191 g/mol. The highest BCUT2D eigenvalue weighted by Crippen LogP contribution is 2.04. The fraction of sp³-hybridized carbons (Fsp3) is 0.250. The molecule has 1 unspecified atom stereocenters. The van der Waals surface area contributed by atoms with E-state index in [1.165, 1.54) is 4.52 Å². The first-order valence-corrected chi connectivity index (χ1v) is 4.16. The van der Waals surface area contributed by atoms with Crippen molar-refractivity contribution in [2.24, 2.45) is 5.73 Å². The molecule has 6 nitrogen and oxygen atoms in total. The first kappa shape index (κ1) is 8.76. The fourth-order valence-corrected chi connectivity index (χ4v) is 1.15. The zero-order valence-electron chi connectivity index (χ0n) is 7.58. The maximum Gasteiger partial charge on any atom is 0.180 e. The van der Waals surface area contributed by atoms with Crippen LogP contribution < -0.4 is 5.73 Å². The topological polar surface area (TPSA) is 86.2 Å². The number of pyridine rings is 1. The minimum absolute atomic E-state index is 0.123. The summed E-state index contributed by atoms with van der Waals surface area (Å²) in [5.41, 5.74) is 6.59. The minimum atomic E-state index is -0.510. The van der Waals surface area contributed by atoms with E-state index in [0.717, 1.165) is 0 Å². The van der Waals surface area contributed by atoms with Crippen LogP contribution in [0.2, 0.25) is 0 Å². The highest BCUT2D eigenvalue weighted by molar-refractivity contribution is 5.99. The zero-order valence-corrected chi connectivity index (χ0v) is 7.58. The van der Waals surface area contributed by atoms with E-state index in [0.29, 0.717) is 11.2 Å². The lowest BCUT2D eigenvalue weighted by atomic mass is 10.1. The molecular weight excluding hydrogens is 182 g/mol. The average Bonchev–Trinajstić information content (AvgIpc) is 2.62. The van der Waals surface area contributed by atoms with Gasteiger partial charge in [-0.1, -0.05) is 0 Å². The molecule has 2 N–H and O–H groups in total. The number of hydrogen-bond acceptors (Lipinski definition) is 5. The van der Waals surface area contributed by atoms with Gasteiger partial charge in [0.25, 0.3) is 0 Å². The van der Waals surface area contributed by atoms with Crippen molar-refractivity contribution in [3.05, 3.63) is 23.9 Å². The van der Waals surface area contributed by atoms with E-state index in [1.807, 2.05) is 0 Å². The molecule has 0 aliphatic heterocycles. The normalized spacial score (nSPS) is 13.0. The smallest absolute Gasteiger partial charge is 0.180 e. The van der Waals surface area contributed by atoms with Gasteiger partial charge in [0.1, 0.15) is 0 Å². The van der Waals surface area contributed by atoms with Crippen LogP contribution in [0, 0.1) is 0 Å². The van der Waals surface area contributed by atoms with Gasteiger partial charge in [-0.25, -0.2) is 0 Å². The number of rotatable bonds is 2. The molecular formula is C8H9N5O. The maximum atomic E-state index is 11.5. The van der Waals surface area contributed by atoms with Crippen LogP contribution in [-0.2, 0) is 0 Å². The van der Waals surface area contributed by atoms with E-state index < -0.39 is 6.04 Å². The second-order valence-electron chi connectivity index (χ2n) is 3.05. The number of hydrogen-bond donors (Lipinski definition) is 1. The molecule has 0 saturated carbocycles. The number of Topliss-reactive ketones (excluding diaryl/α,β-unsaturated/α-hetero) is 1. The summed E-state index contributed by atoms with van der Waals surface area (Å²) in [5.74, 6) is -0.123. The molecule has 1 atom stereocenters. The number of tetrazole rings is 1. The predicted octanol–water partition coefficient (Wildman–Crippen LogP) is -0.346. The Morgan fingerprint density at radius 2 is 2.36 bits per heavy atom. The summed E-state index contributed by atoms with van der Waals surface area (Å²) in [4.78, 5) is 11.5. The summed E-state index contributed by atoms with van der Waals surface area (Å²) in [6.45, 7) is 1.64. The Bertz CT molecular complexity index is 475. The SMILES string of the molecule is CC(N)C(=O)c1ccc2nnnn2c1. The molecule has 2 rings (SSSR count). The van der Waals surface area contributed by atoms with Crippen molar-refractivity contribution in [3.8, 4) is 0 Å². The van der Waals surface area contributed by atoms with Gasteiger partial charge in [-0.2, -0.15) is 4.52 Å². The Balaban J connectivity index is 2.48. The van der Waals surface area contributed by atoms with Gasteiger partial charge < -0.3 is 5.73 Å². The minimum Gasteiger partial charge on any atom is -0.321 e. The van der Waals surface area contributed by atoms with Gasteiger partial charge in [-0.15, -0.1) is 5.10 Å². The van der Waals surface area contributed by atoms with Crippen LogP contribution in [0.4, 0.5) is 0 Å². The first-order chi connectivity index (χ1) is 6.68. The molecule has 0 bridgehead atoms.